The molecule has 1 aliphatic rings. The predicted molar refractivity (Wildman–Crippen MR) is 78.6 cm³/mol. The van der Waals surface area contributed by atoms with Crippen molar-refractivity contribution in [1.82, 2.24) is 4.90 Å². The number of carbonyl (C=O) groups excluding carboxylic acids is 1. The number of carbonyl (C=O) groups is 2. The average Bonchev–Trinajstić information content (AvgIpc) is 2.45. The maximum atomic E-state index is 12.4. The highest BCUT2D eigenvalue weighted by Crippen LogP contribution is 2.30. The number of halogens is 1. The van der Waals surface area contributed by atoms with Crippen LogP contribution in [0.15, 0.2) is 18.2 Å². The summed E-state index contributed by atoms with van der Waals surface area (Å²) in [4.78, 5) is 24.7. The van der Waals surface area contributed by atoms with Gasteiger partial charge >= 0.3 is 5.97 Å². The van der Waals surface area contributed by atoms with Gasteiger partial charge in [-0.05, 0) is 30.2 Å². The lowest BCUT2D eigenvalue weighted by Crippen LogP contribution is -2.41. The first-order chi connectivity index (χ1) is 9.88. The quantitative estimate of drug-likeness (QED) is 0.924. The van der Waals surface area contributed by atoms with E-state index >= 15 is 0 Å². The monoisotopic (exact) mass is 311 g/mol. The SMILES string of the molecule is C[C@@H](CN(C)C(=O)[C@H]1COc2ccc(Cl)cc2C1)C(=O)O. The first-order valence-corrected chi connectivity index (χ1v) is 7.15. The van der Waals surface area contributed by atoms with Crippen molar-refractivity contribution in [2.75, 3.05) is 20.2 Å². The lowest BCUT2D eigenvalue weighted by molar-refractivity contribution is -0.143. The van der Waals surface area contributed by atoms with E-state index in [9.17, 15) is 9.59 Å². The highest BCUT2D eigenvalue weighted by atomic mass is 35.5. The minimum atomic E-state index is -0.910. The molecule has 0 aliphatic carbocycles. The van der Waals surface area contributed by atoms with Crippen LogP contribution in [0.3, 0.4) is 0 Å². The molecule has 1 aromatic carbocycles. The van der Waals surface area contributed by atoms with E-state index in [1.54, 1.807) is 32.2 Å². The Bertz CT molecular complexity index is 561. The third-order valence-corrected chi connectivity index (χ3v) is 3.86. The summed E-state index contributed by atoms with van der Waals surface area (Å²) < 4.78 is 5.59. The molecule has 0 aromatic heterocycles. The van der Waals surface area contributed by atoms with Gasteiger partial charge in [-0.15, -0.1) is 0 Å². The van der Waals surface area contributed by atoms with Crippen LogP contribution in [0.2, 0.25) is 5.02 Å². The number of benzene rings is 1. The Morgan fingerprint density at radius 1 is 1.52 bits per heavy atom. The molecule has 1 heterocycles. The minimum absolute atomic E-state index is 0.103. The second-order valence-electron chi connectivity index (χ2n) is 5.42. The molecule has 1 aromatic rings. The van der Waals surface area contributed by atoms with E-state index in [4.69, 9.17) is 21.4 Å². The maximum absolute atomic E-state index is 12.4. The van der Waals surface area contributed by atoms with Crippen molar-refractivity contribution < 1.29 is 19.4 Å². The van der Waals surface area contributed by atoms with Gasteiger partial charge in [-0.25, -0.2) is 0 Å². The molecule has 0 saturated carbocycles. The van der Waals surface area contributed by atoms with E-state index in [0.717, 1.165) is 11.3 Å². The van der Waals surface area contributed by atoms with Gasteiger partial charge in [-0.1, -0.05) is 18.5 Å². The molecule has 1 N–H and O–H groups in total. The van der Waals surface area contributed by atoms with Crippen molar-refractivity contribution >= 4 is 23.5 Å². The van der Waals surface area contributed by atoms with E-state index in [-0.39, 0.29) is 18.4 Å². The highest BCUT2D eigenvalue weighted by molar-refractivity contribution is 6.30. The van der Waals surface area contributed by atoms with Gasteiger partial charge in [0, 0.05) is 18.6 Å². The fourth-order valence-corrected chi connectivity index (χ4v) is 2.61. The molecule has 0 saturated heterocycles. The van der Waals surface area contributed by atoms with Gasteiger partial charge in [0.1, 0.15) is 12.4 Å². The molecule has 2 rings (SSSR count). The zero-order valence-corrected chi connectivity index (χ0v) is 12.8. The van der Waals surface area contributed by atoms with Crippen molar-refractivity contribution in [3.8, 4) is 5.75 Å². The van der Waals surface area contributed by atoms with E-state index in [0.29, 0.717) is 18.1 Å². The zero-order chi connectivity index (χ0) is 15.6. The fourth-order valence-electron chi connectivity index (χ4n) is 2.41. The Morgan fingerprint density at radius 3 is 2.90 bits per heavy atom. The van der Waals surface area contributed by atoms with Crippen molar-refractivity contribution in [3.05, 3.63) is 28.8 Å². The Kier molecular flexibility index (Phi) is 4.73. The van der Waals surface area contributed by atoms with E-state index in [2.05, 4.69) is 0 Å². The molecule has 1 aliphatic heterocycles. The second kappa shape index (κ2) is 6.35. The van der Waals surface area contributed by atoms with Gasteiger partial charge in [0.2, 0.25) is 5.91 Å². The summed E-state index contributed by atoms with van der Waals surface area (Å²) in [7, 11) is 1.62. The summed E-state index contributed by atoms with van der Waals surface area (Å²) in [6, 6.07) is 5.36. The van der Waals surface area contributed by atoms with Crippen LogP contribution in [0.4, 0.5) is 0 Å². The number of amides is 1. The van der Waals surface area contributed by atoms with Crippen LogP contribution in [0.5, 0.6) is 5.75 Å². The van der Waals surface area contributed by atoms with E-state index in [1.165, 1.54) is 4.90 Å². The number of hydrogen-bond acceptors (Lipinski definition) is 3. The Balaban J connectivity index is 2.03. The van der Waals surface area contributed by atoms with Crippen LogP contribution in [0.25, 0.3) is 0 Å². The Hall–Kier alpha value is -1.75. The summed E-state index contributed by atoms with van der Waals surface area (Å²) in [6.45, 7) is 2.07. The molecule has 2 atom stereocenters. The van der Waals surface area contributed by atoms with Gasteiger partial charge in [-0.3, -0.25) is 9.59 Å². The van der Waals surface area contributed by atoms with Crippen LogP contribution in [-0.2, 0) is 16.0 Å². The third-order valence-electron chi connectivity index (χ3n) is 3.62. The molecule has 6 heteroatoms. The van der Waals surface area contributed by atoms with Gasteiger partial charge in [0.15, 0.2) is 0 Å². The number of rotatable bonds is 4. The molecule has 114 valence electrons. The molecule has 1 amide bonds. The molecule has 0 radical (unpaired) electrons. The third kappa shape index (κ3) is 3.67. The zero-order valence-electron chi connectivity index (χ0n) is 12.0. The number of nitrogens with zero attached hydrogens (tertiary/aromatic N) is 1. The molecule has 0 bridgehead atoms. The van der Waals surface area contributed by atoms with Gasteiger partial charge < -0.3 is 14.7 Å². The van der Waals surface area contributed by atoms with Crippen LogP contribution >= 0.6 is 11.6 Å². The van der Waals surface area contributed by atoms with Crippen LogP contribution in [-0.4, -0.2) is 42.1 Å². The first-order valence-electron chi connectivity index (χ1n) is 6.77. The normalized spacial score (nSPS) is 18.3. The number of carboxylic acid groups (broad SMARTS) is 1. The molecule has 21 heavy (non-hydrogen) atoms. The van der Waals surface area contributed by atoms with Crippen LogP contribution < -0.4 is 4.74 Å². The molecule has 5 nitrogen and oxygen atoms in total. The standard InChI is InChI=1S/C15H18ClNO4/c1-9(15(19)20)7-17(2)14(18)11-5-10-6-12(16)3-4-13(10)21-8-11/h3-4,6,9,11H,5,7-8H2,1-2H3,(H,19,20)/t9-,11+/m0/s1. The van der Waals surface area contributed by atoms with Crippen molar-refractivity contribution in [3.63, 3.8) is 0 Å². The van der Waals surface area contributed by atoms with Crippen molar-refractivity contribution in [2.45, 2.75) is 13.3 Å². The van der Waals surface area contributed by atoms with E-state index < -0.39 is 11.9 Å². The molecule has 0 fully saturated rings. The minimum Gasteiger partial charge on any atom is -0.492 e. The number of hydrogen-bond donors (Lipinski definition) is 1. The average molecular weight is 312 g/mol. The number of aliphatic carboxylic acids is 1. The van der Waals surface area contributed by atoms with E-state index in [1.807, 2.05) is 0 Å². The van der Waals surface area contributed by atoms with Crippen LogP contribution in [0.1, 0.15) is 12.5 Å². The summed E-state index contributed by atoms with van der Waals surface area (Å²) >= 11 is 5.95. The largest absolute Gasteiger partial charge is 0.492 e. The second-order valence-corrected chi connectivity index (χ2v) is 5.86. The number of ether oxygens (including phenoxy) is 1. The van der Waals surface area contributed by atoms with Crippen molar-refractivity contribution in [2.24, 2.45) is 11.8 Å². The summed E-state index contributed by atoms with van der Waals surface area (Å²) in [5.74, 6) is -1.16. The van der Waals surface area contributed by atoms with Crippen LogP contribution in [0, 0.1) is 11.8 Å². The summed E-state index contributed by atoms with van der Waals surface area (Å²) in [6.07, 6.45) is 0.556. The first kappa shape index (κ1) is 15.6. The van der Waals surface area contributed by atoms with Gasteiger partial charge in [0.05, 0.1) is 11.8 Å². The number of fused-ring (bicyclic) bond motifs is 1. The topological polar surface area (TPSA) is 66.8 Å². The lowest BCUT2D eigenvalue weighted by atomic mass is 9.95. The smallest absolute Gasteiger partial charge is 0.308 e. The van der Waals surface area contributed by atoms with Gasteiger partial charge in [-0.2, -0.15) is 0 Å². The number of carboxylic acids is 1. The fraction of sp³-hybridized carbons (Fsp3) is 0.467. The van der Waals surface area contributed by atoms with Crippen molar-refractivity contribution in [1.29, 1.82) is 0 Å². The Labute approximate surface area is 128 Å². The maximum Gasteiger partial charge on any atom is 0.308 e. The Morgan fingerprint density at radius 2 is 2.24 bits per heavy atom. The molecule has 0 unspecified atom stereocenters. The van der Waals surface area contributed by atoms with Gasteiger partial charge in [0.25, 0.3) is 0 Å². The summed E-state index contributed by atoms with van der Waals surface area (Å²) in [5.41, 5.74) is 0.909. The highest BCUT2D eigenvalue weighted by Gasteiger charge is 2.29. The predicted octanol–water partition coefficient (Wildman–Crippen LogP) is 2.07. The molecular weight excluding hydrogens is 294 g/mol. The summed E-state index contributed by atoms with van der Waals surface area (Å²) in [5, 5.41) is 9.52. The lowest BCUT2D eigenvalue weighted by Gasteiger charge is -2.29. The molecular formula is C15H18ClNO4. The molecule has 0 spiro atoms.